The minimum Gasteiger partial charge on any atom is -0.476 e. The van der Waals surface area contributed by atoms with E-state index in [-0.39, 0.29) is 22.0 Å². The summed E-state index contributed by atoms with van der Waals surface area (Å²) in [5, 5.41) is 8.89. The molecule has 1 aromatic carbocycles. The highest BCUT2D eigenvalue weighted by molar-refractivity contribution is 6.33. The summed E-state index contributed by atoms with van der Waals surface area (Å²) in [6, 6.07) is 3.57. The van der Waals surface area contributed by atoms with Gasteiger partial charge in [0.15, 0.2) is 17.8 Å². The molecular weight excluding hydrogens is 237 g/mol. The van der Waals surface area contributed by atoms with Crippen molar-refractivity contribution in [2.75, 3.05) is 0 Å². The van der Waals surface area contributed by atoms with Gasteiger partial charge in [-0.1, -0.05) is 11.6 Å². The van der Waals surface area contributed by atoms with Gasteiger partial charge in [0.2, 0.25) is 0 Å². The number of hydrogen-bond donors (Lipinski definition) is 1. The first-order chi connectivity index (χ1) is 7.59. The first-order valence-electron chi connectivity index (χ1n) is 4.22. The van der Waals surface area contributed by atoms with Crippen LogP contribution in [0, 0.1) is 5.82 Å². The lowest BCUT2D eigenvalue weighted by molar-refractivity contribution is 0.0691. The Labute approximate surface area is 94.3 Å². The maximum Gasteiger partial charge on any atom is 0.358 e. The van der Waals surface area contributed by atoms with E-state index in [0.29, 0.717) is 0 Å². The van der Waals surface area contributed by atoms with Crippen LogP contribution in [-0.2, 0) is 0 Å². The maximum atomic E-state index is 12.8. The summed E-state index contributed by atoms with van der Waals surface area (Å²) in [5.74, 6) is -1.73. The molecule has 82 valence electrons. The van der Waals surface area contributed by atoms with Crippen molar-refractivity contribution >= 4 is 17.6 Å². The maximum absolute atomic E-state index is 12.8. The normalized spacial score (nSPS) is 10.4. The molecule has 0 spiro atoms. The molecule has 0 saturated carbocycles. The van der Waals surface area contributed by atoms with Crippen LogP contribution in [0.15, 0.2) is 29.0 Å². The lowest BCUT2D eigenvalue weighted by Gasteiger charge is -2.01. The third-order valence-corrected chi connectivity index (χ3v) is 2.26. The second-order valence-corrected chi connectivity index (χ2v) is 3.37. The molecule has 1 aromatic heterocycles. The van der Waals surface area contributed by atoms with Gasteiger partial charge in [0.1, 0.15) is 5.82 Å². The van der Waals surface area contributed by atoms with E-state index in [1.165, 1.54) is 6.07 Å². The average Bonchev–Trinajstić information content (AvgIpc) is 2.66. The SMILES string of the molecule is O=C(O)c1ncoc1-c1ccc(F)cc1Cl. The first kappa shape index (κ1) is 10.6. The topological polar surface area (TPSA) is 63.3 Å². The van der Waals surface area contributed by atoms with E-state index in [4.69, 9.17) is 21.1 Å². The smallest absolute Gasteiger partial charge is 0.358 e. The van der Waals surface area contributed by atoms with Crippen LogP contribution in [0.25, 0.3) is 11.3 Å². The molecule has 2 aromatic rings. The Morgan fingerprint density at radius 3 is 2.88 bits per heavy atom. The number of benzene rings is 1. The number of halogens is 2. The molecule has 2 rings (SSSR count). The number of oxazole rings is 1. The second kappa shape index (κ2) is 3.94. The van der Waals surface area contributed by atoms with Gasteiger partial charge in [-0.3, -0.25) is 0 Å². The number of carboxylic acid groups (broad SMARTS) is 1. The van der Waals surface area contributed by atoms with E-state index in [1.807, 2.05) is 0 Å². The summed E-state index contributed by atoms with van der Waals surface area (Å²) >= 11 is 5.78. The highest BCUT2D eigenvalue weighted by atomic mass is 35.5. The monoisotopic (exact) mass is 241 g/mol. The quantitative estimate of drug-likeness (QED) is 0.878. The van der Waals surface area contributed by atoms with E-state index in [0.717, 1.165) is 18.5 Å². The van der Waals surface area contributed by atoms with Crippen molar-refractivity contribution in [1.29, 1.82) is 0 Å². The zero-order valence-electron chi connectivity index (χ0n) is 7.78. The Bertz CT molecular complexity index is 553. The van der Waals surface area contributed by atoms with Crippen LogP contribution >= 0.6 is 11.6 Å². The molecule has 0 aliphatic rings. The zero-order chi connectivity index (χ0) is 11.7. The summed E-state index contributed by atoms with van der Waals surface area (Å²) in [6.45, 7) is 0. The molecule has 0 aliphatic heterocycles. The van der Waals surface area contributed by atoms with Crippen molar-refractivity contribution in [3.05, 3.63) is 41.1 Å². The summed E-state index contributed by atoms with van der Waals surface area (Å²) in [5.41, 5.74) is 0.0338. The van der Waals surface area contributed by atoms with Crippen LogP contribution in [0.1, 0.15) is 10.5 Å². The summed E-state index contributed by atoms with van der Waals surface area (Å²) in [7, 11) is 0. The Morgan fingerprint density at radius 2 is 2.25 bits per heavy atom. The fourth-order valence-corrected chi connectivity index (χ4v) is 1.52. The number of nitrogens with zero attached hydrogens (tertiary/aromatic N) is 1. The highest BCUT2D eigenvalue weighted by Crippen LogP contribution is 2.30. The average molecular weight is 242 g/mol. The number of carboxylic acids is 1. The fourth-order valence-electron chi connectivity index (χ4n) is 1.26. The van der Waals surface area contributed by atoms with Gasteiger partial charge in [-0.15, -0.1) is 0 Å². The Hall–Kier alpha value is -1.88. The van der Waals surface area contributed by atoms with Gasteiger partial charge in [-0.25, -0.2) is 14.2 Å². The lowest BCUT2D eigenvalue weighted by atomic mass is 10.1. The predicted molar refractivity (Wildman–Crippen MR) is 53.9 cm³/mol. The van der Waals surface area contributed by atoms with Gasteiger partial charge in [0.25, 0.3) is 0 Å². The summed E-state index contributed by atoms with van der Waals surface area (Å²) in [4.78, 5) is 14.3. The Morgan fingerprint density at radius 1 is 1.50 bits per heavy atom. The predicted octanol–water partition coefficient (Wildman–Crippen LogP) is 2.83. The van der Waals surface area contributed by atoms with E-state index >= 15 is 0 Å². The molecule has 4 nitrogen and oxygen atoms in total. The van der Waals surface area contributed by atoms with Gasteiger partial charge in [0, 0.05) is 5.56 Å². The molecule has 0 fully saturated rings. The van der Waals surface area contributed by atoms with Crippen LogP contribution in [0.5, 0.6) is 0 Å². The Balaban J connectivity index is 2.59. The van der Waals surface area contributed by atoms with Gasteiger partial charge >= 0.3 is 5.97 Å². The van der Waals surface area contributed by atoms with Crippen LogP contribution in [0.3, 0.4) is 0 Å². The third-order valence-electron chi connectivity index (χ3n) is 1.95. The molecule has 1 heterocycles. The number of carbonyl (C=O) groups is 1. The largest absolute Gasteiger partial charge is 0.476 e. The van der Waals surface area contributed by atoms with Crippen LogP contribution < -0.4 is 0 Å². The van der Waals surface area contributed by atoms with Gasteiger partial charge < -0.3 is 9.52 Å². The molecule has 0 bridgehead atoms. The third kappa shape index (κ3) is 1.77. The molecule has 1 N–H and O–H groups in total. The van der Waals surface area contributed by atoms with Crippen LogP contribution in [0.2, 0.25) is 5.02 Å². The van der Waals surface area contributed by atoms with Gasteiger partial charge in [-0.05, 0) is 18.2 Å². The van der Waals surface area contributed by atoms with Crippen molar-refractivity contribution in [3.8, 4) is 11.3 Å². The van der Waals surface area contributed by atoms with E-state index in [1.54, 1.807) is 0 Å². The van der Waals surface area contributed by atoms with Crippen molar-refractivity contribution in [2.24, 2.45) is 0 Å². The minimum atomic E-state index is -1.23. The molecule has 0 saturated heterocycles. The molecule has 0 amide bonds. The number of aromatic nitrogens is 1. The number of rotatable bonds is 2. The molecule has 0 atom stereocenters. The number of hydrogen-bond acceptors (Lipinski definition) is 3. The molecule has 0 aliphatic carbocycles. The number of aromatic carboxylic acids is 1. The van der Waals surface area contributed by atoms with E-state index in [2.05, 4.69) is 4.98 Å². The first-order valence-corrected chi connectivity index (χ1v) is 4.59. The van der Waals surface area contributed by atoms with Gasteiger partial charge in [-0.2, -0.15) is 0 Å². The summed E-state index contributed by atoms with van der Waals surface area (Å²) in [6.07, 6.45) is 0.998. The van der Waals surface area contributed by atoms with Crippen LogP contribution in [0.4, 0.5) is 4.39 Å². The Kier molecular flexibility index (Phi) is 2.62. The highest BCUT2D eigenvalue weighted by Gasteiger charge is 2.19. The summed E-state index contributed by atoms with van der Waals surface area (Å²) < 4.78 is 17.7. The van der Waals surface area contributed by atoms with Crippen molar-refractivity contribution in [2.45, 2.75) is 0 Å². The lowest BCUT2D eigenvalue weighted by Crippen LogP contribution is -1.98. The van der Waals surface area contributed by atoms with Crippen molar-refractivity contribution < 1.29 is 18.7 Å². The van der Waals surface area contributed by atoms with Crippen molar-refractivity contribution in [1.82, 2.24) is 4.98 Å². The second-order valence-electron chi connectivity index (χ2n) is 2.96. The molecule has 6 heteroatoms. The van der Waals surface area contributed by atoms with E-state index in [9.17, 15) is 9.18 Å². The minimum absolute atomic E-state index is 0.0116. The van der Waals surface area contributed by atoms with Gasteiger partial charge in [0.05, 0.1) is 5.02 Å². The molecule has 0 unspecified atom stereocenters. The zero-order valence-corrected chi connectivity index (χ0v) is 8.53. The molecule has 16 heavy (non-hydrogen) atoms. The fraction of sp³-hybridized carbons (Fsp3) is 0. The van der Waals surface area contributed by atoms with Crippen molar-refractivity contribution in [3.63, 3.8) is 0 Å². The standard InChI is InChI=1S/C10H5ClFNO3/c11-7-3-5(12)1-2-6(7)9-8(10(14)15)13-4-16-9/h1-4H,(H,14,15). The molecule has 0 radical (unpaired) electrons. The molecular formula is C10H5ClFNO3. The van der Waals surface area contributed by atoms with E-state index < -0.39 is 11.8 Å². The van der Waals surface area contributed by atoms with Crippen LogP contribution in [-0.4, -0.2) is 16.1 Å².